The minimum Gasteiger partial charge on any atom is -0.493 e. The normalized spacial score (nSPS) is 20.9. The van der Waals surface area contributed by atoms with Gasteiger partial charge in [0.25, 0.3) is 0 Å². The Labute approximate surface area is 413 Å². The molecule has 0 spiro atoms. The number of aromatic nitrogens is 4. The van der Waals surface area contributed by atoms with Crippen molar-refractivity contribution in [2.24, 2.45) is 0 Å². The number of nitrogens with one attached hydrogen (secondary N) is 4. The van der Waals surface area contributed by atoms with Gasteiger partial charge in [0.05, 0.1) is 72.0 Å². The van der Waals surface area contributed by atoms with Crippen molar-refractivity contribution in [3.05, 3.63) is 95.0 Å². The second-order valence-corrected chi connectivity index (χ2v) is 18.5. The van der Waals surface area contributed by atoms with Crippen LogP contribution in [0.5, 0.6) is 23.0 Å². The van der Waals surface area contributed by atoms with Gasteiger partial charge in [-0.1, -0.05) is 35.3 Å². The number of fused-ring (bicyclic) bond motifs is 2. The third-order valence-corrected chi connectivity index (χ3v) is 13.9. The molecule has 2 amide bonds. The maximum absolute atomic E-state index is 14.5. The molecule has 368 valence electrons. The number of carbonyl (C=O) groups excluding carboxylic acids is 2. The molecule has 70 heavy (non-hydrogen) atoms. The lowest BCUT2D eigenvalue weighted by molar-refractivity contribution is -0.126. The molecule has 4 heterocycles. The third-order valence-electron chi connectivity index (χ3n) is 13.3. The molecule has 2 aliphatic carbocycles. The van der Waals surface area contributed by atoms with Gasteiger partial charge in [0, 0.05) is 61.2 Å². The molecule has 2 aromatic heterocycles. The zero-order chi connectivity index (χ0) is 48.7. The molecule has 4 N–H and O–H groups in total. The van der Waals surface area contributed by atoms with E-state index in [1.807, 2.05) is 12.1 Å². The van der Waals surface area contributed by atoms with Crippen LogP contribution in [-0.2, 0) is 9.59 Å². The molecule has 4 fully saturated rings. The predicted octanol–water partition coefficient (Wildman–Crippen LogP) is 8.59. The molecule has 0 radical (unpaired) electrons. The maximum Gasteiger partial charge on any atom is 0.234 e. The molecule has 10 rings (SSSR count). The zero-order valence-electron chi connectivity index (χ0n) is 38.8. The van der Waals surface area contributed by atoms with Gasteiger partial charge in [-0.15, -0.1) is 0 Å². The number of amides is 2. The fourth-order valence-corrected chi connectivity index (χ4v) is 9.99. The van der Waals surface area contributed by atoms with Crippen molar-refractivity contribution < 1.29 is 37.3 Å². The van der Waals surface area contributed by atoms with Crippen LogP contribution in [0.25, 0.3) is 21.8 Å². The fourth-order valence-electron chi connectivity index (χ4n) is 9.64. The minimum absolute atomic E-state index is 0.0276. The summed E-state index contributed by atoms with van der Waals surface area (Å²) in [7, 11) is 3.18. The standard InChI is InChI=1S/2C25H27ClFN5O3/c2*1-34-21-12-20-17(25(30-14-29-20)31-19-4-2-3-18(26)24(19)27)11-22(21)35-16-7-5-15(6-8-16)32-10-9-28-23(33)13-32/h2*2-4,11-12,14-16H,5-10,13H2,1H3,(H,28,33)(H,29,30,31). The first kappa shape index (κ1) is 48.7. The van der Waals surface area contributed by atoms with Gasteiger partial charge in [0.1, 0.15) is 24.3 Å². The Bertz CT molecular complexity index is 2660. The van der Waals surface area contributed by atoms with E-state index < -0.39 is 11.6 Å². The smallest absolute Gasteiger partial charge is 0.234 e. The number of ether oxygens (including phenoxy) is 4. The summed E-state index contributed by atoms with van der Waals surface area (Å²) < 4.78 is 52.9. The van der Waals surface area contributed by atoms with Crippen molar-refractivity contribution in [2.45, 2.75) is 75.7 Å². The highest BCUT2D eigenvalue weighted by Gasteiger charge is 2.32. The Kier molecular flexibility index (Phi) is 15.4. The van der Waals surface area contributed by atoms with Gasteiger partial charge in [0.2, 0.25) is 11.8 Å². The lowest BCUT2D eigenvalue weighted by Gasteiger charge is -2.38. The molecular formula is C50H54Cl2F2N10O6. The Morgan fingerprint density at radius 2 is 1.00 bits per heavy atom. The highest BCUT2D eigenvalue weighted by atomic mass is 35.5. The van der Waals surface area contributed by atoms with E-state index in [0.29, 0.717) is 94.7 Å². The van der Waals surface area contributed by atoms with E-state index in [1.54, 1.807) is 50.6 Å². The molecule has 2 saturated heterocycles. The number of hydrogen-bond donors (Lipinski definition) is 4. The quantitative estimate of drug-likeness (QED) is 0.0917. The zero-order valence-corrected chi connectivity index (χ0v) is 40.3. The molecule has 6 aromatic rings. The first-order chi connectivity index (χ1) is 34.0. The first-order valence-electron chi connectivity index (χ1n) is 23.5. The van der Waals surface area contributed by atoms with Crippen molar-refractivity contribution in [1.82, 2.24) is 40.4 Å². The van der Waals surface area contributed by atoms with Gasteiger partial charge in [-0.05, 0) is 87.8 Å². The van der Waals surface area contributed by atoms with Gasteiger partial charge in [-0.2, -0.15) is 0 Å². The van der Waals surface area contributed by atoms with Gasteiger partial charge in [0.15, 0.2) is 34.6 Å². The van der Waals surface area contributed by atoms with Crippen molar-refractivity contribution in [2.75, 3.05) is 64.1 Å². The van der Waals surface area contributed by atoms with Gasteiger partial charge < -0.3 is 40.2 Å². The number of nitrogens with zero attached hydrogens (tertiary/aromatic N) is 6. The van der Waals surface area contributed by atoms with Crippen LogP contribution in [0.4, 0.5) is 31.8 Å². The predicted molar refractivity (Wildman–Crippen MR) is 264 cm³/mol. The van der Waals surface area contributed by atoms with E-state index in [4.69, 9.17) is 42.1 Å². The highest BCUT2D eigenvalue weighted by Crippen LogP contribution is 2.40. The van der Waals surface area contributed by atoms with E-state index in [9.17, 15) is 18.4 Å². The molecule has 4 aliphatic rings. The summed E-state index contributed by atoms with van der Waals surface area (Å²) in [6.45, 7) is 4.14. The van der Waals surface area contributed by atoms with Crippen LogP contribution in [0.2, 0.25) is 10.0 Å². The fraction of sp³-hybridized carbons (Fsp3) is 0.400. The van der Waals surface area contributed by atoms with Crippen LogP contribution in [0.1, 0.15) is 51.4 Å². The molecule has 2 aliphatic heterocycles. The lowest BCUT2D eigenvalue weighted by atomic mass is 9.91. The SMILES string of the molecule is COc1cc2ncnc(Nc3cccc(Cl)c3F)c2cc1OC1CCC(N2CCNC(=O)C2)CC1.COc1cc2ncnc(Nc3cccc(Cl)c3F)c2cc1OC1CCC(N2CCNC(=O)C2)CC1. The molecule has 4 aromatic carbocycles. The molecule has 20 heteroatoms. The molecule has 0 atom stereocenters. The van der Waals surface area contributed by atoms with Crippen LogP contribution < -0.4 is 40.2 Å². The van der Waals surface area contributed by atoms with Crippen molar-refractivity contribution in [3.63, 3.8) is 0 Å². The largest absolute Gasteiger partial charge is 0.493 e. The number of halogens is 4. The summed E-state index contributed by atoms with van der Waals surface area (Å²) in [5, 5.41) is 13.2. The van der Waals surface area contributed by atoms with Crippen LogP contribution in [-0.4, -0.2) is 119 Å². The number of piperazine rings is 2. The van der Waals surface area contributed by atoms with E-state index in [-0.39, 0.29) is 45.4 Å². The van der Waals surface area contributed by atoms with Crippen molar-refractivity contribution in [3.8, 4) is 23.0 Å². The summed E-state index contributed by atoms with van der Waals surface area (Å²) in [6, 6.07) is 17.6. The third kappa shape index (κ3) is 11.3. The summed E-state index contributed by atoms with van der Waals surface area (Å²) in [6.07, 6.45) is 10.3. The summed E-state index contributed by atoms with van der Waals surface area (Å²) in [5.41, 5.74) is 1.73. The summed E-state index contributed by atoms with van der Waals surface area (Å²) >= 11 is 11.9. The second kappa shape index (κ2) is 22.2. The summed E-state index contributed by atoms with van der Waals surface area (Å²) in [4.78, 5) is 45.4. The Morgan fingerprint density at radius 3 is 1.39 bits per heavy atom. The molecule has 0 unspecified atom stereocenters. The number of benzene rings is 4. The van der Waals surface area contributed by atoms with E-state index in [1.165, 1.54) is 24.8 Å². The number of hydrogen-bond acceptors (Lipinski definition) is 14. The van der Waals surface area contributed by atoms with Crippen molar-refractivity contribution >= 4 is 79.8 Å². The Balaban J connectivity index is 0.000000174. The average molecular weight is 1000 g/mol. The molecule has 16 nitrogen and oxygen atoms in total. The Morgan fingerprint density at radius 1 is 0.586 bits per heavy atom. The average Bonchev–Trinajstić information content (AvgIpc) is 3.37. The monoisotopic (exact) mass is 998 g/mol. The van der Waals surface area contributed by atoms with E-state index >= 15 is 0 Å². The molecule has 2 saturated carbocycles. The van der Waals surface area contributed by atoms with Gasteiger partial charge >= 0.3 is 0 Å². The topological polar surface area (TPSA) is 177 Å². The first-order valence-corrected chi connectivity index (χ1v) is 24.2. The van der Waals surface area contributed by atoms with Crippen LogP contribution in [0, 0.1) is 11.6 Å². The number of carbonyl (C=O) groups is 2. The number of rotatable bonds is 12. The summed E-state index contributed by atoms with van der Waals surface area (Å²) in [5.74, 6) is 2.31. The molecular weight excluding hydrogens is 946 g/mol. The second-order valence-electron chi connectivity index (χ2n) is 17.7. The van der Waals surface area contributed by atoms with E-state index in [2.05, 4.69) is 51.0 Å². The highest BCUT2D eigenvalue weighted by molar-refractivity contribution is 6.31. The number of methoxy groups -OCH3 is 2. The van der Waals surface area contributed by atoms with Crippen molar-refractivity contribution in [1.29, 1.82) is 0 Å². The van der Waals surface area contributed by atoms with Gasteiger partial charge in [-0.3, -0.25) is 19.4 Å². The van der Waals surface area contributed by atoms with Crippen LogP contribution in [0.3, 0.4) is 0 Å². The van der Waals surface area contributed by atoms with E-state index in [0.717, 1.165) is 64.5 Å². The van der Waals surface area contributed by atoms with Crippen LogP contribution in [0.15, 0.2) is 73.3 Å². The molecule has 0 bridgehead atoms. The number of anilines is 4. The van der Waals surface area contributed by atoms with Crippen LogP contribution >= 0.6 is 23.2 Å². The minimum atomic E-state index is -0.547. The van der Waals surface area contributed by atoms with Gasteiger partial charge in [-0.25, -0.2) is 28.7 Å². The lowest BCUT2D eigenvalue weighted by Crippen LogP contribution is -2.52. The Hall–Kier alpha value is -6.34. The maximum atomic E-state index is 14.5.